The third kappa shape index (κ3) is 3.93. The van der Waals surface area contributed by atoms with Gasteiger partial charge in [0.1, 0.15) is 0 Å². The van der Waals surface area contributed by atoms with Crippen LogP contribution in [0.1, 0.15) is 52.7 Å². The van der Waals surface area contributed by atoms with Crippen molar-refractivity contribution in [2.24, 2.45) is 0 Å². The zero-order valence-electron chi connectivity index (χ0n) is 26.1. The van der Waals surface area contributed by atoms with E-state index in [1.165, 1.54) is 87.2 Å². The molecular weight excluding hydrogens is 569 g/mol. The summed E-state index contributed by atoms with van der Waals surface area (Å²) in [6, 6.07) is 36.2. The van der Waals surface area contributed by atoms with Crippen molar-refractivity contribution in [2.75, 3.05) is 0 Å². The molecule has 0 aromatic heterocycles. The predicted molar refractivity (Wildman–Crippen MR) is 199 cm³/mol. The zero-order chi connectivity index (χ0) is 30.7. The number of hydrogen-bond acceptors (Lipinski definition) is 2. The Morgan fingerprint density at radius 1 is 0.386 bits per heavy atom. The second-order valence-electron chi connectivity index (χ2n) is 14.5. The number of rotatable bonds is 2. The highest BCUT2D eigenvalue weighted by Gasteiger charge is 2.31. The van der Waals surface area contributed by atoms with Crippen molar-refractivity contribution in [3.05, 3.63) is 108 Å². The third-order valence-electron chi connectivity index (χ3n) is 9.51. The van der Waals surface area contributed by atoms with E-state index in [1.807, 2.05) is 0 Å². The SMILES string of the molecule is CC(C)(C)c1c2cccc3c(-c4ccc(S)cc4)cc4c(C(C)(C)C)c5cccc6c(-c7ccc(S)cc7)cc1c(c65)c4c32. The van der Waals surface area contributed by atoms with Crippen LogP contribution < -0.4 is 0 Å². The molecule has 0 saturated heterocycles. The Balaban J connectivity index is 1.72. The topological polar surface area (TPSA) is 0 Å². The molecule has 216 valence electrons. The number of thiol groups is 2. The van der Waals surface area contributed by atoms with Gasteiger partial charge in [-0.2, -0.15) is 0 Å². The quantitative estimate of drug-likeness (QED) is 0.109. The molecule has 44 heavy (non-hydrogen) atoms. The molecule has 8 aromatic rings. The van der Waals surface area contributed by atoms with E-state index in [1.54, 1.807) is 0 Å². The summed E-state index contributed by atoms with van der Waals surface area (Å²) >= 11 is 9.20. The van der Waals surface area contributed by atoms with Crippen molar-refractivity contribution in [3.63, 3.8) is 0 Å². The van der Waals surface area contributed by atoms with Gasteiger partial charge in [0, 0.05) is 9.79 Å². The summed E-state index contributed by atoms with van der Waals surface area (Å²) in [6.45, 7) is 14.2. The fraction of sp³-hybridized carbons (Fsp3) is 0.190. The van der Waals surface area contributed by atoms with Gasteiger partial charge in [-0.3, -0.25) is 0 Å². The van der Waals surface area contributed by atoms with Gasteiger partial charge in [0.05, 0.1) is 0 Å². The zero-order valence-corrected chi connectivity index (χ0v) is 27.9. The molecule has 2 heteroatoms. The Labute approximate surface area is 270 Å². The first-order valence-electron chi connectivity index (χ1n) is 15.5. The van der Waals surface area contributed by atoms with Gasteiger partial charge in [-0.1, -0.05) is 102 Å². The van der Waals surface area contributed by atoms with Crippen molar-refractivity contribution in [2.45, 2.75) is 62.2 Å². The van der Waals surface area contributed by atoms with E-state index < -0.39 is 0 Å². The van der Waals surface area contributed by atoms with E-state index in [-0.39, 0.29) is 10.8 Å². The van der Waals surface area contributed by atoms with Crippen LogP contribution >= 0.6 is 25.3 Å². The molecule has 0 aliphatic rings. The maximum absolute atomic E-state index is 4.60. The van der Waals surface area contributed by atoms with E-state index in [0.29, 0.717) is 0 Å². The average molecular weight is 605 g/mol. The normalized spacial score (nSPS) is 13.0. The summed E-state index contributed by atoms with van der Waals surface area (Å²) in [5.74, 6) is 0. The highest BCUT2D eigenvalue weighted by atomic mass is 32.1. The molecule has 0 aliphatic heterocycles. The Hall–Kier alpha value is -3.72. The minimum absolute atomic E-state index is 0.0742. The number of benzene rings is 8. The molecule has 8 aromatic carbocycles. The summed E-state index contributed by atoms with van der Waals surface area (Å²) in [7, 11) is 0. The van der Waals surface area contributed by atoms with Gasteiger partial charge in [0.25, 0.3) is 0 Å². The summed E-state index contributed by atoms with van der Waals surface area (Å²) in [5, 5.41) is 13.6. The summed E-state index contributed by atoms with van der Waals surface area (Å²) < 4.78 is 0. The summed E-state index contributed by atoms with van der Waals surface area (Å²) in [6.07, 6.45) is 0. The van der Waals surface area contributed by atoms with E-state index in [9.17, 15) is 0 Å². The highest BCUT2D eigenvalue weighted by Crippen LogP contribution is 2.54. The van der Waals surface area contributed by atoms with Crippen molar-refractivity contribution in [1.82, 2.24) is 0 Å². The molecule has 0 fully saturated rings. The first-order chi connectivity index (χ1) is 20.9. The Morgan fingerprint density at radius 2 is 0.727 bits per heavy atom. The summed E-state index contributed by atoms with van der Waals surface area (Å²) in [4.78, 5) is 1.96. The van der Waals surface area contributed by atoms with Crippen molar-refractivity contribution in [1.29, 1.82) is 0 Å². The molecule has 0 amide bonds. The molecular formula is C42H36S2. The first kappa shape index (κ1) is 27.8. The Kier molecular flexibility index (Phi) is 5.94. The number of hydrogen-bond donors (Lipinski definition) is 2. The van der Waals surface area contributed by atoms with E-state index in [2.05, 4.69) is 164 Å². The van der Waals surface area contributed by atoms with Crippen LogP contribution in [0.3, 0.4) is 0 Å². The molecule has 0 atom stereocenters. The van der Waals surface area contributed by atoms with Crippen LogP contribution in [0.25, 0.3) is 76.1 Å². The Morgan fingerprint density at radius 3 is 1.07 bits per heavy atom. The molecule has 8 rings (SSSR count). The van der Waals surface area contributed by atoms with Gasteiger partial charge in [-0.05, 0) is 134 Å². The minimum Gasteiger partial charge on any atom is -0.143 e. The van der Waals surface area contributed by atoms with Gasteiger partial charge in [-0.15, -0.1) is 25.3 Å². The lowest BCUT2D eigenvalue weighted by Gasteiger charge is -2.32. The maximum atomic E-state index is 4.60. The van der Waals surface area contributed by atoms with Gasteiger partial charge < -0.3 is 0 Å². The fourth-order valence-corrected chi connectivity index (χ4v) is 8.24. The lowest BCUT2D eigenvalue weighted by atomic mass is 9.71. The van der Waals surface area contributed by atoms with E-state index >= 15 is 0 Å². The fourth-order valence-electron chi connectivity index (χ4n) is 7.95. The maximum Gasteiger partial charge on any atom is 0.00404 e. The van der Waals surface area contributed by atoms with Crippen molar-refractivity contribution < 1.29 is 0 Å². The van der Waals surface area contributed by atoms with Crippen molar-refractivity contribution in [3.8, 4) is 22.3 Å². The molecule has 0 spiro atoms. The largest absolute Gasteiger partial charge is 0.143 e. The molecule has 0 radical (unpaired) electrons. The van der Waals surface area contributed by atoms with Crippen LogP contribution in [0, 0.1) is 0 Å². The summed E-state index contributed by atoms with van der Waals surface area (Å²) in [5.41, 5.74) is 7.71. The second-order valence-corrected chi connectivity index (χ2v) is 15.5. The predicted octanol–water partition coefficient (Wildman–Crippen LogP) is 12.8. The molecule has 0 N–H and O–H groups in total. The van der Waals surface area contributed by atoms with Crippen LogP contribution in [-0.4, -0.2) is 0 Å². The van der Waals surface area contributed by atoms with Gasteiger partial charge in [0.2, 0.25) is 0 Å². The van der Waals surface area contributed by atoms with Crippen molar-refractivity contribution >= 4 is 79.1 Å². The van der Waals surface area contributed by atoms with Crippen LogP contribution in [0.4, 0.5) is 0 Å². The molecule has 0 aliphatic carbocycles. The lowest BCUT2D eigenvalue weighted by molar-refractivity contribution is 0.600. The Bertz CT molecular complexity index is 2210. The molecule has 0 unspecified atom stereocenters. The second kappa shape index (κ2) is 9.39. The van der Waals surface area contributed by atoms with Crippen LogP contribution in [0.2, 0.25) is 0 Å². The highest BCUT2D eigenvalue weighted by molar-refractivity contribution is 7.80. The van der Waals surface area contributed by atoms with E-state index in [0.717, 1.165) is 9.79 Å². The first-order valence-corrected chi connectivity index (χ1v) is 16.4. The monoisotopic (exact) mass is 604 g/mol. The van der Waals surface area contributed by atoms with Gasteiger partial charge >= 0.3 is 0 Å². The van der Waals surface area contributed by atoms with Gasteiger partial charge in [0.15, 0.2) is 0 Å². The molecule has 0 saturated carbocycles. The molecule has 0 bridgehead atoms. The standard InChI is InChI=1S/C42H36S2/c1-41(2,3)39-29-11-7-9-27-32(24-15-19-26(44)20-16-24)22-34-38(35(27)29)37-33(39)21-31(23-13-17-25(43)18-14-23)28-10-8-12-30(36(28)37)40(34)42(4,5)6/h7-22,43-44H,1-6H3. The van der Waals surface area contributed by atoms with Gasteiger partial charge in [-0.25, -0.2) is 0 Å². The van der Waals surface area contributed by atoms with Crippen LogP contribution in [0.5, 0.6) is 0 Å². The lowest BCUT2D eigenvalue weighted by Crippen LogP contribution is -2.16. The minimum atomic E-state index is -0.0742. The average Bonchev–Trinajstić information content (AvgIpc) is 2.97. The third-order valence-corrected chi connectivity index (χ3v) is 10.1. The smallest absolute Gasteiger partial charge is 0.00404 e. The van der Waals surface area contributed by atoms with Crippen LogP contribution in [-0.2, 0) is 10.8 Å². The van der Waals surface area contributed by atoms with Crippen LogP contribution in [0.15, 0.2) is 107 Å². The molecule has 0 heterocycles. The molecule has 0 nitrogen and oxygen atoms in total. The van der Waals surface area contributed by atoms with E-state index in [4.69, 9.17) is 0 Å².